The van der Waals surface area contributed by atoms with Crippen LogP contribution in [0.2, 0.25) is 5.02 Å². The van der Waals surface area contributed by atoms with Gasteiger partial charge in [-0.15, -0.1) is 11.3 Å². The molecule has 2 amide bonds. The second-order valence-corrected chi connectivity index (χ2v) is 7.63. The SMILES string of the molecule is CC(C)c1cnc(NC(=O)NC(Oc2ccccc2Cl)c2ccccc2)s1. The summed E-state index contributed by atoms with van der Waals surface area (Å²) in [7, 11) is 0. The highest BCUT2D eigenvalue weighted by Crippen LogP contribution is 2.28. The molecule has 0 spiro atoms. The van der Waals surface area contributed by atoms with E-state index in [1.165, 1.54) is 11.3 Å². The highest BCUT2D eigenvalue weighted by atomic mass is 35.5. The van der Waals surface area contributed by atoms with E-state index in [0.29, 0.717) is 21.8 Å². The zero-order valence-corrected chi connectivity index (χ0v) is 16.6. The lowest BCUT2D eigenvalue weighted by atomic mass is 10.2. The van der Waals surface area contributed by atoms with E-state index in [2.05, 4.69) is 29.5 Å². The average Bonchev–Trinajstić information content (AvgIpc) is 3.12. The third-order valence-electron chi connectivity index (χ3n) is 3.76. The summed E-state index contributed by atoms with van der Waals surface area (Å²) >= 11 is 7.65. The maximum Gasteiger partial charge on any atom is 0.324 e. The maximum absolute atomic E-state index is 12.5. The Morgan fingerprint density at radius 3 is 2.48 bits per heavy atom. The lowest BCUT2D eigenvalue weighted by Gasteiger charge is -2.21. The Morgan fingerprint density at radius 1 is 1.11 bits per heavy atom. The molecule has 1 aromatic heterocycles. The van der Waals surface area contributed by atoms with E-state index in [0.717, 1.165) is 10.4 Å². The molecule has 140 valence electrons. The number of hydrogen-bond donors (Lipinski definition) is 2. The lowest BCUT2D eigenvalue weighted by molar-refractivity contribution is 0.170. The second-order valence-electron chi connectivity index (χ2n) is 6.16. The number of anilines is 1. The third-order valence-corrected chi connectivity index (χ3v) is 5.28. The molecule has 0 saturated heterocycles. The number of urea groups is 1. The minimum atomic E-state index is -0.698. The molecule has 27 heavy (non-hydrogen) atoms. The summed E-state index contributed by atoms with van der Waals surface area (Å²) in [4.78, 5) is 17.8. The molecule has 1 unspecified atom stereocenters. The molecule has 1 atom stereocenters. The van der Waals surface area contributed by atoms with Crippen LogP contribution in [0.3, 0.4) is 0 Å². The number of nitrogens with one attached hydrogen (secondary N) is 2. The summed E-state index contributed by atoms with van der Waals surface area (Å²) in [5.41, 5.74) is 0.801. The first kappa shape index (κ1) is 19.2. The van der Waals surface area contributed by atoms with E-state index in [1.807, 2.05) is 42.5 Å². The van der Waals surface area contributed by atoms with Gasteiger partial charge in [-0.2, -0.15) is 0 Å². The van der Waals surface area contributed by atoms with Crippen molar-refractivity contribution in [1.29, 1.82) is 0 Å². The standard InChI is InChI=1S/C20H20ClN3O2S/c1-13(2)17-12-22-20(27-17)24-19(25)23-18(14-8-4-3-5-9-14)26-16-11-7-6-10-15(16)21/h3-13,18H,1-2H3,(H2,22,23,24,25). The highest BCUT2D eigenvalue weighted by Gasteiger charge is 2.18. The first-order chi connectivity index (χ1) is 13.0. The number of aromatic nitrogens is 1. The molecule has 3 aromatic rings. The summed E-state index contributed by atoms with van der Waals surface area (Å²) in [5, 5.41) is 6.61. The molecule has 2 N–H and O–H groups in total. The van der Waals surface area contributed by atoms with Gasteiger partial charge in [-0.05, 0) is 18.1 Å². The molecule has 0 bridgehead atoms. The maximum atomic E-state index is 12.5. The van der Waals surface area contributed by atoms with Crippen LogP contribution in [0.1, 0.15) is 36.4 Å². The fourth-order valence-corrected chi connectivity index (χ4v) is 3.33. The van der Waals surface area contributed by atoms with Crippen molar-refractivity contribution in [2.24, 2.45) is 0 Å². The van der Waals surface area contributed by atoms with Gasteiger partial charge in [0.25, 0.3) is 0 Å². The van der Waals surface area contributed by atoms with Gasteiger partial charge < -0.3 is 4.74 Å². The van der Waals surface area contributed by atoms with Gasteiger partial charge in [0.05, 0.1) is 5.02 Å². The molecule has 0 aliphatic carbocycles. The van der Waals surface area contributed by atoms with Gasteiger partial charge in [0.1, 0.15) is 5.75 Å². The summed E-state index contributed by atoms with van der Waals surface area (Å²) in [6, 6.07) is 16.2. The van der Waals surface area contributed by atoms with Crippen LogP contribution in [0.4, 0.5) is 9.93 Å². The topological polar surface area (TPSA) is 63.2 Å². The minimum absolute atomic E-state index is 0.363. The summed E-state index contributed by atoms with van der Waals surface area (Å²) in [6.45, 7) is 4.17. The van der Waals surface area contributed by atoms with Crippen LogP contribution in [0.5, 0.6) is 5.75 Å². The lowest BCUT2D eigenvalue weighted by Crippen LogP contribution is -2.35. The van der Waals surface area contributed by atoms with Gasteiger partial charge in [-0.1, -0.05) is 67.9 Å². The van der Waals surface area contributed by atoms with Crippen LogP contribution < -0.4 is 15.4 Å². The van der Waals surface area contributed by atoms with Crippen LogP contribution in [0, 0.1) is 0 Å². The number of benzene rings is 2. The van der Waals surface area contributed by atoms with Crippen LogP contribution >= 0.6 is 22.9 Å². The Balaban J connectivity index is 1.74. The molecule has 1 heterocycles. The third kappa shape index (κ3) is 5.21. The van der Waals surface area contributed by atoms with E-state index < -0.39 is 12.3 Å². The van der Waals surface area contributed by atoms with Crippen molar-refractivity contribution in [2.45, 2.75) is 26.0 Å². The largest absolute Gasteiger partial charge is 0.465 e. The normalized spacial score (nSPS) is 11.9. The van der Waals surface area contributed by atoms with Gasteiger partial charge in [0.2, 0.25) is 0 Å². The predicted molar refractivity (Wildman–Crippen MR) is 110 cm³/mol. The molecule has 0 aliphatic rings. The fourth-order valence-electron chi connectivity index (χ4n) is 2.34. The number of carbonyl (C=O) groups is 1. The molecule has 2 aromatic carbocycles. The number of thiazole rings is 1. The van der Waals surface area contributed by atoms with E-state index in [1.54, 1.807) is 18.3 Å². The first-order valence-corrected chi connectivity index (χ1v) is 9.71. The molecular formula is C20H20ClN3O2S. The van der Waals surface area contributed by atoms with Gasteiger partial charge in [-0.25, -0.2) is 9.78 Å². The van der Waals surface area contributed by atoms with Crippen molar-refractivity contribution in [3.05, 3.63) is 76.3 Å². The summed E-state index contributed by atoms with van der Waals surface area (Å²) in [5.74, 6) is 0.853. The second kappa shape index (κ2) is 8.88. The highest BCUT2D eigenvalue weighted by molar-refractivity contribution is 7.15. The summed E-state index contributed by atoms with van der Waals surface area (Å²) in [6.07, 6.45) is 1.08. The molecule has 0 aliphatic heterocycles. The zero-order valence-electron chi connectivity index (χ0n) is 15.0. The summed E-state index contributed by atoms with van der Waals surface area (Å²) < 4.78 is 5.96. The first-order valence-electron chi connectivity index (χ1n) is 8.52. The number of hydrogen-bond acceptors (Lipinski definition) is 4. The van der Waals surface area contributed by atoms with Crippen LogP contribution in [-0.2, 0) is 0 Å². The van der Waals surface area contributed by atoms with Gasteiger partial charge in [0, 0.05) is 16.6 Å². The van der Waals surface area contributed by atoms with Gasteiger partial charge in [0.15, 0.2) is 11.4 Å². The van der Waals surface area contributed by atoms with Gasteiger partial charge in [-0.3, -0.25) is 10.6 Å². The van der Waals surface area contributed by atoms with Crippen molar-refractivity contribution < 1.29 is 9.53 Å². The van der Waals surface area contributed by atoms with E-state index in [4.69, 9.17) is 16.3 Å². The Kier molecular flexibility index (Phi) is 6.32. The number of nitrogens with zero attached hydrogens (tertiary/aromatic N) is 1. The fraction of sp³-hybridized carbons (Fsp3) is 0.200. The average molecular weight is 402 g/mol. The van der Waals surface area contributed by atoms with Crippen molar-refractivity contribution >= 4 is 34.1 Å². The van der Waals surface area contributed by atoms with E-state index >= 15 is 0 Å². The number of carbonyl (C=O) groups excluding carboxylic acids is 1. The van der Waals surface area contributed by atoms with E-state index in [-0.39, 0.29) is 0 Å². The molecule has 0 saturated carbocycles. The van der Waals surface area contributed by atoms with Crippen LogP contribution in [0.15, 0.2) is 60.8 Å². The van der Waals surface area contributed by atoms with Crippen LogP contribution in [-0.4, -0.2) is 11.0 Å². The van der Waals surface area contributed by atoms with Crippen LogP contribution in [0.25, 0.3) is 0 Å². The van der Waals surface area contributed by atoms with Gasteiger partial charge >= 0.3 is 6.03 Å². The Morgan fingerprint density at radius 2 is 1.81 bits per heavy atom. The molecule has 0 fully saturated rings. The minimum Gasteiger partial charge on any atom is -0.465 e. The Hall–Kier alpha value is -2.57. The smallest absolute Gasteiger partial charge is 0.324 e. The van der Waals surface area contributed by atoms with Crippen molar-refractivity contribution in [3.63, 3.8) is 0 Å². The predicted octanol–water partition coefficient (Wildman–Crippen LogP) is 5.82. The number of amides is 2. The number of para-hydroxylation sites is 1. The Labute approximate surface area is 167 Å². The molecule has 3 rings (SSSR count). The molecular weight excluding hydrogens is 382 g/mol. The number of ether oxygens (including phenoxy) is 1. The number of halogens is 1. The van der Waals surface area contributed by atoms with Crippen molar-refractivity contribution in [1.82, 2.24) is 10.3 Å². The Bertz CT molecular complexity index is 899. The van der Waals surface area contributed by atoms with Crippen molar-refractivity contribution in [3.8, 4) is 5.75 Å². The molecule has 7 heteroatoms. The van der Waals surface area contributed by atoms with Crippen molar-refractivity contribution in [2.75, 3.05) is 5.32 Å². The monoisotopic (exact) mass is 401 g/mol. The quantitative estimate of drug-likeness (QED) is 0.511. The zero-order chi connectivity index (χ0) is 19.2. The molecule has 0 radical (unpaired) electrons. The molecule has 5 nitrogen and oxygen atoms in total. The number of rotatable bonds is 6. The van der Waals surface area contributed by atoms with E-state index in [9.17, 15) is 4.79 Å².